The summed E-state index contributed by atoms with van der Waals surface area (Å²) in [5.41, 5.74) is 0.572. The van der Waals surface area contributed by atoms with Gasteiger partial charge in [0.15, 0.2) is 0 Å². The van der Waals surface area contributed by atoms with Gasteiger partial charge in [0.2, 0.25) is 0 Å². The summed E-state index contributed by atoms with van der Waals surface area (Å²) in [4.78, 5) is 16.2. The third kappa shape index (κ3) is 2.62. The Balaban J connectivity index is 1.89. The Hall–Kier alpha value is -1.86. The molecule has 22 heavy (non-hydrogen) atoms. The molecule has 0 atom stereocenters. The van der Waals surface area contributed by atoms with E-state index in [0.29, 0.717) is 5.56 Å². The molecule has 2 heterocycles. The van der Waals surface area contributed by atoms with Crippen molar-refractivity contribution in [2.24, 2.45) is 0 Å². The van der Waals surface area contributed by atoms with Crippen LogP contribution in [-0.2, 0) is 23.0 Å². The molecule has 3 rings (SSSR count). The van der Waals surface area contributed by atoms with Gasteiger partial charge in [-0.3, -0.25) is 4.79 Å². The van der Waals surface area contributed by atoms with Crippen LogP contribution >= 0.6 is 11.6 Å². The summed E-state index contributed by atoms with van der Waals surface area (Å²) in [7, 11) is -4.04. The Labute approximate surface area is 133 Å². The van der Waals surface area contributed by atoms with Crippen molar-refractivity contribution in [3.63, 3.8) is 0 Å². The third-order valence-electron chi connectivity index (χ3n) is 3.55. The number of aromatic nitrogens is 2. The number of sulfonamides is 1. The van der Waals surface area contributed by atoms with Crippen molar-refractivity contribution >= 4 is 27.5 Å². The zero-order valence-electron chi connectivity index (χ0n) is 11.8. The minimum Gasteiger partial charge on any atom is -0.334 e. The maximum absolute atomic E-state index is 12.4. The van der Waals surface area contributed by atoms with E-state index in [1.807, 2.05) is 9.29 Å². The minimum atomic E-state index is -4.04. The normalized spacial score (nSPS) is 13.9. The number of hydrogen-bond acceptors (Lipinski definition) is 4. The molecule has 0 aliphatic carbocycles. The van der Waals surface area contributed by atoms with Gasteiger partial charge in [0, 0.05) is 19.2 Å². The van der Waals surface area contributed by atoms with Crippen LogP contribution in [0.3, 0.4) is 0 Å². The number of imidazole rings is 1. The summed E-state index contributed by atoms with van der Waals surface area (Å²) in [6.45, 7) is 2.42. The van der Waals surface area contributed by atoms with E-state index in [0.717, 1.165) is 25.2 Å². The Kier molecular flexibility index (Phi) is 3.70. The Morgan fingerprint density at radius 2 is 2.18 bits per heavy atom. The van der Waals surface area contributed by atoms with Crippen molar-refractivity contribution in [2.75, 3.05) is 0 Å². The summed E-state index contributed by atoms with van der Waals surface area (Å²) in [5.74, 6) is 0.0534. The Morgan fingerprint density at radius 1 is 1.41 bits per heavy atom. The first-order valence-electron chi connectivity index (χ1n) is 6.77. The van der Waals surface area contributed by atoms with E-state index in [1.165, 1.54) is 6.07 Å². The number of halogens is 1. The number of fused-ring (bicyclic) bond motifs is 1. The molecule has 8 heteroatoms. The highest BCUT2D eigenvalue weighted by Crippen LogP contribution is 2.24. The quantitative estimate of drug-likeness (QED) is 0.926. The van der Waals surface area contributed by atoms with Crippen LogP contribution < -0.4 is 4.72 Å². The zero-order valence-corrected chi connectivity index (χ0v) is 13.4. The molecule has 0 fully saturated rings. The largest absolute Gasteiger partial charge is 0.334 e. The van der Waals surface area contributed by atoms with Gasteiger partial charge in [-0.1, -0.05) is 23.7 Å². The van der Waals surface area contributed by atoms with E-state index in [4.69, 9.17) is 11.6 Å². The predicted molar refractivity (Wildman–Crippen MR) is 81.4 cm³/mol. The number of rotatable bonds is 3. The smallest absolute Gasteiger partial charge is 0.285 e. The molecule has 1 aromatic heterocycles. The molecule has 1 aliphatic rings. The molecule has 1 aromatic carbocycles. The number of amides is 1. The Bertz CT molecular complexity index is 816. The van der Waals surface area contributed by atoms with Gasteiger partial charge in [-0.05, 0) is 25.0 Å². The fourth-order valence-electron chi connectivity index (χ4n) is 2.55. The first-order valence-corrected chi connectivity index (χ1v) is 8.63. The highest BCUT2D eigenvalue weighted by atomic mass is 35.5. The van der Waals surface area contributed by atoms with Gasteiger partial charge in [0.05, 0.1) is 5.02 Å². The molecule has 0 saturated carbocycles. The zero-order chi connectivity index (χ0) is 15.9. The van der Waals surface area contributed by atoms with Crippen LogP contribution in [0.1, 0.15) is 28.3 Å². The van der Waals surface area contributed by atoms with Gasteiger partial charge in [-0.15, -0.1) is 0 Å². The summed E-state index contributed by atoms with van der Waals surface area (Å²) in [5, 5.41) is 0.0765. The third-order valence-corrected chi connectivity index (χ3v) is 5.51. The number of carbonyl (C=O) groups is 1. The molecule has 0 spiro atoms. The second kappa shape index (κ2) is 5.40. The van der Waals surface area contributed by atoms with Crippen LogP contribution in [0.4, 0.5) is 0 Å². The van der Waals surface area contributed by atoms with Crippen molar-refractivity contribution in [1.29, 1.82) is 0 Å². The standard InChI is InChI=1S/C14H14ClN3O3S/c1-9-4-2-5-10(15)13(9)22(20,21)17-14(19)11-8-18-7-3-6-12(18)16-11/h2,4-5,8H,3,6-7H2,1H3,(H,17,19). The second-order valence-corrected chi connectivity index (χ2v) is 7.19. The molecule has 1 N–H and O–H groups in total. The lowest BCUT2D eigenvalue weighted by Gasteiger charge is -2.10. The van der Waals surface area contributed by atoms with Gasteiger partial charge < -0.3 is 4.57 Å². The van der Waals surface area contributed by atoms with Gasteiger partial charge in [0.1, 0.15) is 16.4 Å². The van der Waals surface area contributed by atoms with E-state index in [9.17, 15) is 13.2 Å². The highest BCUT2D eigenvalue weighted by Gasteiger charge is 2.25. The first kappa shape index (κ1) is 15.1. The Morgan fingerprint density at radius 3 is 2.86 bits per heavy atom. The monoisotopic (exact) mass is 339 g/mol. The van der Waals surface area contributed by atoms with Crippen molar-refractivity contribution in [3.8, 4) is 0 Å². The van der Waals surface area contributed by atoms with Crippen LogP contribution in [0.5, 0.6) is 0 Å². The number of benzene rings is 1. The molecule has 2 aromatic rings. The van der Waals surface area contributed by atoms with Gasteiger partial charge in [0.25, 0.3) is 15.9 Å². The molecule has 0 bridgehead atoms. The number of nitrogens with zero attached hydrogens (tertiary/aromatic N) is 2. The molecule has 6 nitrogen and oxygen atoms in total. The van der Waals surface area contributed by atoms with Crippen molar-refractivity contribution < 1.29 is 13.2 Å². The van der Waals surface area contributed by atoms with E-state index in [1.54, 1.807) is 25.3 Å². The SMILES string of the molecule is Cc1cccc(Cl)c1S(=O)(=O)NC(=O)c1cn2c(n1)CCC2. The van der Waals surface area contributed by atoms with Crippen LogP contribution in [0, 0.1) is 6.92 Å². The van der Waals surface area contributed by atoms with E-state index in [2.05, 4.69) is 4.98 Å². The number of nitrogens with one attached hydrogen (secondary N) is 1. The first-order chi connectivity index (χ1) is 10.4. The maximum atomic E-state index is 12.4. The summed E-state index contributed by atoms with van der Waals surface area (Å²) in [6.07, 6.45) is 3.36. The molecular formula is C14H14ClN3O3S. The molecular weight excluding hydrogens is 326 g/mol. The summed E-state index contributed by atoms with van der Waals surface area (Å²) < 4.78 is 28.7. The minimum absolute atomic E-state index is 0.0765. The number of carbonyl (C=O) groups excluding carboxylic acids is 1. The molecule has 0 saturated heterocycles. The number of aryl methyl sites for hydroxylation is 3. The van der Waals surface area contributed by atoms with E-state index >= 15 is 0 Å². The van der Waals surface area contributed by atoms with Crippen LogP contribution in [0.2, 0.25) is 5.02 Å². The second-order valence-electron chi connectivity index (χ2n) is 5.16. The fourth-order valence-corrected chi connectivity index (χ4v) is 4.34. The van der Waals surface area contributed by atoms with Gasteiger partial charge in [-0.2, -0.15) is 0 Å². The average Bonchev–Trinajstić information content (AvgIpc) is 2.97. The summed E-state index contributed by atoms with van der Waals surface area (Å²) in [6, 6.07) is 4.74. The highest BCUT2D eigenvalue weighted by molar-refractivity contribution is 7.90. The molecule has 0 unspecified atom stereocenters. The van der Waals surface area contributed by atoms with Crippen LogP contribution in [0.15, 0.2) is 29.3 Å². The topological polar surface area (TPSA) is 81.1 Å². The van der Waals surface area contributed by atoms with Gasteiger partial charge in [-0.25, -0.2) is 18.1 Å². The lowest BCUT2D eigenvalue weighted by atomic mass is 10.2. The molecule has 1 aliphatic heterocycles. The van der Waals surface area contributed by atoms with Crippen molar-refractivity contribution in [2.45, 2.75) is 31.2 Å². The van der Waals surface area contributed by atoms with E-state index in [-0.39, 0.29) is 15.6 Å². The van der Waals surface area contributed by atoms with Crippen molar-refractivity contribution in [1.82, 2.24) is 14.3 Å². The maximum Gasteiger partial charge on any atom is 0.285 e. The molecule has 0 radical (unpaired) electrons. The van der Waals surface area contributed by atoms with Crippen molar-refractivity contribution in [3.05, 3.63) is 46.5 Å². The molecule has 116 valence electrons. The molecule has 1 amide bonds. The van der Waals surface area contributed by atoms with Gasteiger partial charge >= 0.3 is 0 Å². The van der Waals surface area contributed by atoms with Crippen LogP contribution in [-0.4, -0.2) is 23.9 Å². The fraction of sp³-hybridized carbons (Fsp3) is 0.286. The lowest BCUT2D eigenvalue weighted by Crippen LogP contribution is -2.31. The van der Waals surface area contributed by atoms with Crippen LogP contribution in [0.25, 0.3) is 0 Å². The predicted octanol–water partition coefficient (Wildman–Crippen LogP) is 1.91. The summed E-state index contributed by atoms with van der Waals surface area (Å²) >= 11 is 5.95. The van der Waals surface area contributed by atoms with E-state index < -0.39 is 15.9 Å². The average molecular weight is 340 g/mol. The number of hydrogen-bond donors (Lipinski definition) is 1. The lowest BCUT2D eigenvalue weighted by molar-refractivity contribution is 0.0976.